The maximum absolute atomic E-state index is 14.0. The molecule has 0 bridgehead atoms. The highest BCUT2D eigenvalue weighted by Crippen LogP contribution is 2.37. The van der Waals surface area contributed by atoms with Crippen LogP contribution in [0.15, 0.2) is 67.0 Å². The zero-order valence-electron chi connectivity index (χ0n) is 20.1. The zero-order chi connectivity index (χ0) is 24.8. The largest absolute Gasteiger partial charge is 0.420 e. The molecular weight excluding hydrogens is 451 g/mol. The van der Waals surface area contributed by atoms with Gasteiger partial charge < -0.3 is 9.64 Å². The smallest absolute Gasteiger partial charge is 0.378 e. The Morgan fingerprint density at radius 2 is 1.46 bits per heavy atom. The van der Waals surface area contributed by atoms with Crippen LogP contribution in [-0.2, 0) is 16.3 Å². The monoisotopic (exact) mass is 479 g/mol. The second-order valence-electron chi connectivity index (χ2n) is 9.95. The van der Waals surface area contributed by atoms with E-state index >= 15 is 0 Å². The van der Waals surface area contributed by atoms with E-state index in [2.05, 4.69) is 30.7 Å². The van der Waals surface area contributed by atoms with Crippen molar-refractivity contribution in [2.75, 3.05) is 31.2 Å². The number of alkyl halides is 3. The number of anilines is 1. The van der Waals surface area contributed by atoms with Crippen molar-refractivity contribution in [1.29, 1.82) is 0 Å². The molecule has 7 heteroatoms. The Morgan fingerprint density at radius 3 is 2.06 bits per heavy atom. The van der Waals surface area contributed by atoms with E-state index in [-0.39, 0.29) is 11.1 Å². The molecule has 1 aliphatic heterocycles. The van der Waals surface area contributed by atoms with Crippen LogP contribution in [0.3, 0.4) is 0 Å². The maximum atomic E-state index is 14.0. The van der Waals surface area contributed by atoms with Gasteiger partial charge in [-0.1, -0.05) is 57.2 Å². The summed E-state index contributed by atoms with van der Waals surface area (Å²) in [6.07, 6.45) is -1.26. The van der Waals surface area contributed by atoms with E-state index < -0.39 is 11.7 Å². The topological polar surface area (TPSA) is 29.8 Å². The molecule has 0 unspecified atom stereocenters. The van der Waals surface area contributed by atoms with Crippen molar-refractivity contribution in [3.63, 3.8) is 0 Å². The number of hydrogen-bond donors (Lipinski definition) is 0. The van der Waals surface area contributed by atoms with Crippen LogP contribution in [0.5, 0.6) is 0 Å². The van der Waals surface area contributed by atoms with Gasteiger partial charge in [-0.25, -0.2) is 4.98 Å². The fraction of sp³-hybridized carbons (Fsp3) is 0.321. The number of benzene rings is 2. The number of hydrogen-bond acceptors (Lipinski definition) is 3. The highest BCUT2D eigenvalue weighted by Gasteiger charge is 2.35. The van der Waals surface area contributed by atoms with Gasteiger partial charge in [0.15, 0.2) is 0 Å². The lowest BCUT2D eigenvalue weighted by Crippen LogP contribution is -2.36. The van der Waals surface area contributed by atoms with E-state index in [9.17, 15) is 13.2 Å². The molecule has 2 aromatic heterocycles. The van der Waals surface area contributed by atoms with Crippen LogP contribution < -0.4 is 4.90 Å². The second-order valence-corrected chi connectivity index (χ2v) is 9.95. The SMILES string of the molecule is CC(C)(C)c1ccc(-c2cc(C(F)(F)F)c3ncc(-c4ccc(N5CCOCC5)cc4)n3c2)cc1. The van der Waals surface area contributed by atoms with Gasteiger partial charge >= 0.3 is 6.18 Å². The molecule has 35 heavy (non-hydrogen) atoms. The number of ether oxygens (including phenoxy) is 1. The zero-order valence-corrected chi connectivity index (χ0v) is 20.1. The van der Waals surface area contributed by atoms with Gasteiger partial charge in [0.25, 0.3) is 0 Å². The van der Waals surface area contributed by atoms with E-state index in [1.165, 1.54) is 12.3 Å². The van der Waals surface area contributed by atoms with Crippen LogP contribution in [0.4, 0.5) is 18.9 Å². The summed E-state index contributed by atoms with van der Waals surface area (Å²) in [5, 5.41) is 0. The van der Waals surface area contributed by atoms with Gasteiger partial charge in [0.05, 0.1) is 30.7 Å². The molecule has 0 N–H and O–H groups in total. The van der Waals surface area contributed by atoms with E-state index in [1.807, 2.05) is 48.5 Å². The highest BCUT2D eigenvalue weighted by atomic mass is 19.4. The maximum Gasteiger partial charge on any atom is 0.420 e. The van der Waals surface area contributed by atoms with Gasteiger partial charge in [0.1, 0.15) is 5.65 Å². The third-order valence-electron chi connectivity index (χ3n) is 6.53. The predicted molar refractivity (Wildman–Crippen MR) is 133 cm³/mol. The average molecular weight is 480 g/mol. The van der Waals surface area contributed by atoms with Gasteiger partial charge in [-0.05, 0) is 40.3 Å². The standard InChI is InChI=1S/C28H28F3N3O/c1-27(2,3)22-8-4-19(5-9-22)21-16-24(28(29,30)31)26-32-17-25(34(26)18-21)20-6-10-23(11-7-20)33-12-14-35-15-13-33/h4-11,16-18H,12-15H2,1-3H3. The first-order valence-electron chi connectivity index (χ1n) is 11.7. The Balaban J connectivity index is 1.58. The average Bonchev–Trinajstić information content (AvgIpc) is 3.27. The third kappa shape index (κ3) is 4.65. The summed E-state index contributed by atoms with van der Waals surface area (Å²) in [5.41, 5.74) is 3.97. The predicted octanol–water partition coefficient (Wildman–Crippen LogP) is 6.82. The van der Waals surface area contributed by atoms with Gasteiger partial charge in [-0.3, -0.25) is 4.40 Å². The van der Waals surface area contributed by atoms with E-state index in [0.717, 1.165) is 35.5 Å². The van der Waals surface area contributed by atoms with Crippen molar-refractivity contribution in [3.8, 4) is 22.4 Å². The molecule has 0 saturated carbocycles. The normalized spacial score (nSPS) is 15.1. The Hall–Kier alpha value is -3.32. The Bertz CT molecular complexity index is 1330. The minimum atomic E-state index is -4.52. The molecule has 0 atom stereocenters. The summed E-state index contributed by atoms with van der Waals surface area (Å²) in [6.45, 7) is 9.35. The van der Waals surface area contributed by atoms with Gasteiger partial charge in [0, 0.05) is 30.5 Å². The van der Waals surface area contributed by atoms with Gasteiger partial charge in [0.2, 0.25) is 0 Å². The van der Waals surface area contributed by atoms with Crippen LogP contribution in [0, 0.1) is 0 Å². The van der Waals surface area contributed by atoms with Crippen LogP contribution >= 0.6 is 0 Å². The molecule has 1 aliphatic rings. The van der Waals surface area contributed by atoms with Crippen molar-refractivity contribution in [2.24, 2.45) is 0 Å². The first-order valence-corrected chi connectivity index (χ1v) is 11.7. The number of fused-ring (bicyclic) bond motifs is 1. The summed E-state index contributed by atoms with van der Waals surface area (Å²) in [6, 6.07) is 16.8. The number of imidazole rings is 1. The molecule has 3 heterocycles. The number of rotatable bonds is 3. The van der Waals surface area contributed by atoms with Gasteiger partial charge in [-0.2, -0.15) is 13.2 Å². The van der Waals surface area contributed by atoms with Gasteiger partial charge in [-0.15, -0.1) is 0 Å². The van der Waals surface area contributed by atoms with E-state index in [4.69, 9.17) is 4.74 Å². The summed E-state index contributed by atoms with van der Waals surface area (Å²) < 4.78 is 49.1. The molecule has 4 aromatic rings. The molecule has 0 spiro atoms. The number of pyridine rings is 1. The van der Waals surface area contributed by atoms with Crippen LogP contribution in [0.25, 0.3) is 28.0 Å². The summed E-state index contributed by atoms with van der Waals surface area (Å²) in [4.78, 5) is 6.41. The number of morpholine rings is 1. The lowest BCUT2D eigenvalue weighted by Gasteiger charge is -2.28. The van der Waals surface area contributed by atoms with Crippen LogP contribution in [0.1, 0.15) is 31.9 Å². The molecule has 0 amide bonds. The quantitative estimate of drug-likeness (QED) is 0.323. The van der Waals surface area contributed by atoms with Crippen LogP contribution in [0.2, 0.25) is 0 Å². The summed E-state index contributed by atoms with van der Waals surface area (Å²) in [5.74, 6) is 0. The first-order chi connectivity index (χ1) is 16.6. The third-order valence-corrected chi connectivity index (χ3v) is 6.53. The lowest BCUT2D eigenvalue weighted by atomic mass is 9.86. The molecule has 5 rings (SSSR count). The molecule has 1 fully saturated rings. The van der Waals surface area contributed by atoms with Crippen molar-refractivity contribution in [1.82, 2.24) is 9.38 Å². The Labute approximate surface area is 203 Å². The number of aromatic nitrogens is 2. The second kappa shape index (κ2) is 8.72. The fourth-order valence-corrected chi connectivity index (χ4v) is 4.49. The number of halogens is 3. The minimum absolute atomic E-state index is 0.0372. The van der Waals surface area contributed by atoms with E-state index in [1.54, 1.807) is 10.6 Å². The molecule has 2 aromatic carbocycles. The lowest BCUT2D eigenvalue weighted by molar-refractivity contribution is -0.136. The summed E-state index contributed by atoms with van der Waals surface area (Å²) in [7, 11) is 0. The number of nitrogens with zero attached hydrogens (tertiary/aromatic N) is 3. The molecule has 1 saturated heterocycles. The van der Waals surface area contributed by atoms with Crippen molar-refractivity contribution >= 4 is 11.3 Å². The fourth-order valence-electron chi connectivity index (χ4n) is 4.49. The molecular formula is C28H28F3N3O. The Morgan fingerprint density at radius 1 is 0.829 bits per heavy atom. The molecule has 4 nitrogen and oxygen atoms in total. The Kier molecular flexibility index (Phi) is 5.83. The molecule has 0 aliphatic carbocycles. The van der Waals surface area contributed by atoms with Crippen molar-refractivity contribution in [2.45, 2.75) is 32.4 Å². The van der Waals surface area contributed by atoms with Crippen molar-refractivity contribution < 1.29 is 17.9 Å². The molecule has 182 valence electrons. The van der Waals surface area contributed by atoms with Crippen molar-refractivity contribution in [3.05, 3.63) is 78.1 Å². The molecule has 0 radical (unpaired) electrons. The minimum Gasteiger partial charge on any atom is -0.378 e. The highest BCUT2D eigenvalue weighted by molar-refractivity contribution is 5.73. The first kappa shape index (κ1) is 23.4. The van der Waals surface area contributed by atoms with Crippen LogP contribution in [-0.4, -0.2) is 35.7 Å². The van der Waals surface area contributed by atoms with E-state index in [0.29, 0.717) is 24.5 Å². The summed E-state index contributed by atoms with van der Waals surface area (Å²) >= 11 is 0.